The quantitative estimate of drug-likeness (QED) is 0.737. The fourth-order valence-corrected chi connectivity index (χ4v) is 4.59. The number of aromatic hydroxyl groups is 1. The molecule has 6 nitrogen and oxygen atoms in total. The monoisotopic (exact) mass is 332 g/mol. The number of hydrogen-bond donors (Lipinski definition) is 3. The molecule has 2 saturated heterocycles. The molecule has 0 saturated carbocycles. The number of nitrogens with zero attached hydrogens (tertiary/aromatic N) is 1. The minimum Gasteiger partial charge on any atom is -0.508 e. The third-order valence-electron chi connectivity index (χ3n) is 5.73. The van der Waals surface area contributed by atoms with Gasteiger partial charge in [0.15, 0.2) is 0 Å². The molecule has 0 radical (unpaired) electrons. The van der Waals surface area contributed by atoms with Crippen LogP contribution in [0.5, 0.6) is 5.75 Å². The van der Waals surface area contributed by atoms with E-state index in [9.17, 15) is 19.8 Å². The number of amides is 2. The molecule has 3 rings (SSSR count). The average Bonchev–Trinajstić information content (AvgIpc) is 3.02. The van der Waals surface area contributed by atoms with Gasteiger partial charge in [0.05, 0.1) is 5.54 Å². The summed E-state index contributed by atoms with van der Waals surface area (Å²) in [6.07, 6.45) is 0.491. The van der Waals surface area contributed by atoms with E-state index in [0.717, 1.165) is 5.56 Å². The maximum Gasteiger partial charge on any atom is 0.408 e. The van der Waals surface area contributed by atoms with Crippen LogP contribution in [0.4, 0.5) is 4.79 Å². The van der Waals surface area contributed by atoms with E-state index in [4.69, 9.17) is 0 Å². The number of likely N-dealkylation sites (tertiary alicyclic amines) is 1. The summed E-state index contributed by atoms with van der Waals surface area (Å²) in [6.45, 7) is 6.50. The standard InChI is InChI=1S/C18H24N2O4/c1-16(2,3)18(12-4-6-13(21)7-5-12)9-8-17(20(18)15(23)24)10-11-19-14(17)22/h4-7,21H,8-11H2,1-3H3,(H,19,22)(H,23,24)/t17-,18+/m1/s1. The van der Waals surface area contributed by atoms with E-state index in [-0.39, 0.29) is 11.7 Å². The normalized spacial score (nSPS) is 30.0. The maximum atomic E-state index is 12.6. The van der Waals surface area contributed by atoms with E-state index in [1.807, 2.05) is 20.8 Å². The molecule has 2 aliphatic heterocycles. The lowest BCUT2D eigenvalue weighted by Crippen LogP contribution is -2.62. The summed E-state index contributed by atoms with van der Waals surface area (Å²) in [6, 6.07) is 6.68. The Bertz CT molecular complexity index is 679. The summed E-state index contributed by atoms with van der Waals surface area (Å²) in [4.78, 5) is 26.3. The van der Waals surface area contributed by atoms with Crippen molar-refractivity contribution in [2.75, 3.05) is 6.54 Å². The maximum absolute atomic E-state index is 12.6. The van der Waals surface area contributed by atoms with Crippen LogP contribution in [-0.2, 0) is 10.3 Å². The van der Waals surface area contributed by atoms with E-state index in [0.29, 0.717) is 25.8 Å². The van der Waals surface area contributed by atoms with Crippen molar-refractivity contribution >= 4 is 12.0 Å². The van der Waals surface area contributed by atoms with Gasteiger partial charge >= 0.3 is 6.09 Å². The molecule has 2 amide bonds. The molecule has 0 unspecified atom stereocenters. The Morgan fingerprint density at radius 2 is 1.79 bits per heavy atom. The van der Waals surface area contributed by atoms with Crippen molar-refractivity contribution in [3.63, 3.8) is 0 Å². The van der Waals surface area contributed by atoms with Crippen molar-refractivity contribution in [2.24, 2.45) is 5.41 Å². The van der Waals surface area contributed by atoms with Crippen molar-refractivity contribution in [1.29, 1.82) is 0 Å². The van der Waals surface area contributed by atoms with Gasteiger partial charge in [-0.15, -0.1) is 0 Å². The second-order valence-electron chi connectivity index (χ2n) is 7.81. The Kier molecular flexibility index (Phi) is 3.55. The highest BCUT2D eigenvalue weighted by Gasteiger charge is 2.66. The van der Waals surface area contributed by atoms with Crippen LogP contribution in [0, 0.1) is 5.41 Å². The summed E-state index contributed by atoms with van der Waals surface area (Å²) in [5.74, 6) is -0.0641. The van der Waals surface area contributed by atoms with Crippen LogP contribution in [0.3, 0.4) is 0 Å². The number of hydrogen-bond acceptors (Lipinski definition) is 3. The number of carboxylic acid groups (broad SMARTS) is 1. The lowest BCUT2D eigenvalue weighted by Gasteiger charge is -2.50. The van der Waals surface area contributed by atoms with Crippen molar-refractivity contribution in [2.45, 2.75) is 51.1 Å². The average molecular weight is 332 g/mol. The van der Waals surface area contributed by atoms with Gasteiger partial charge in [-0.2, -0.15) is 0 Å². The zero-order valence-corrected chi connectivity index (χ0v) is 14.3. The van der Waals surface area contributed by atoms with E-state index in [1.54, 1.807) is 24.3 Å². The van der Waals surface area contributed by atoms with Crippen molar-refractivity contribution in [3.8, 4) is 5.75 Å². The third kappa shape index (κ3) is 2.01. The van der Waals surface area contributed by atoms with Crippen LogP contribution in [0.2, 0.25) is 0 Å². The Labute approximate surface area is 141 Å². The zero-order valence-electron chi connectivity index (χ0n) is 14.3. The second-order valence-corrected chi connectivity index (χ2v) is 7.81. The molecule has 0 aromatic heterocycles. The van der Waals surface area contributed by atoms with Crippen molar-refractivity contribution in [3.05, 3.63) is 29.8 Å². The lowest BCUT2D eigenvalue weighted by atomic mass is 9.67. The van der Waals surface area contributed by atoms with Crippen LogP contribution in [0.15, 0.2) is 24.3 Å². The molecular formula is C18H24N2O4. The highest BCUT2D eigenvalue weighted by molar-refractivity contribution is 5.92. The van der Waals surface area contributed by atoms with Crippen LogP contribution < -0.4 is 5.32 Å². The Balaban J connectivity index is 2.24. The molecule has 2 heterocycles. The highest BCUT2D eigenvalue weighted by atomic mass is 16.4. The van der Waals surface area contributed by atoms with Gasteiger partial charge in [-0.3, -0.25) is 9.69 Å². The third-order valence-corrected chi connectivity index (χ3v) is 5.73. The van der Waals surface area contributed by atoms with E-state index in [1.165, 1.54) is 4.90 Å². The Hall–Kier alpha value is -2.24. The van der Waals surface area contributed by atoms with Gasteiger partial charge in [-0.25, -0.2) is 4.79 Å². The number of benzene rings is 1. The van der Waals surface area contributed by atoms with Gasteiger partial charge in [-0.1, -0.05) is 32.9 Å². The van der Waals surface area contributed by atoms with Crippen LogP contribution in [-0.4, -0.2) is 39.2 Å². The van der Waals surface area contributed by atoms with Crippen molar-refractivity contribution in [1.82, 2.24) is 10.2 Å². The fraction of sp³-hybridized carbons (Fsp3) is 0.556. The van der Waals surface area contributed by atoms with Gasteiger partial charge in [0, 0.05) is 6.54 Å². The van der Waals surface area contributed by atoms with E-state index >= 15 is 0 Å². The van der Waals surface area contributed by atoms with Crippen molar-refractivity contribution < 1.29 is 19.8 Å². The first-order valence-electron chi connectivity index (χ1n) is 8.26. The molecule has 0 aliphatic carbocycles. The summed E-state index contributed by atoms with van der Waals surface area (Å²) in [7, 11) is 0. The van der Waals surface area contributed by atoms with Gasteiger partial charge in [0.25, 0.3) is 0 Å². The first kappa shape index (κ1) is 16.6. The SMILES string of the molecule is CC(C)(C)[C@@]1(c2ccc(O)cc2)CC[C@]2(CCNC2=O)N1C(=O)O. The van der Waals surface area contributed by atoms with Crippen LogP contribution in [0.1, 0.15) is 45.6 Å². The minimum absolute atomic E-state index is 0.135. The number of rotatable bonds is 1. The summed E-state index contributed by atoms with van der Waals surface area (Å²) in [5, 5.41) is 22.5. The lowest BCUT2D eigenvalue weighted by molar-refractivity contribution is -0.131. The smallest absolute Gasteiger partial charge is 0.408 e. The van der Waals surface area contributed by atoms with E-state index in [2.05, 4.69) is 5.32 Å². The van der Waals surface area contributed by atoms with Crippen LogP contribution in [0.25, 0.3) is 0 Å². The predicted octanol–water partition coefficient (Wildman–Crippen LogP) is 2.67. The molecule has 24 heavy (non-hydrogen) atoms. The Morgan fingerprint density at radius 3 is 2.25 bits per heavy atom. The van der Waals surface area contributed by atoms with Gasteiger partial charge in [0.1, 0.15) is 11.3 Å². The summed E-state index contributed by atoms with van der Waals surface area (Å²) >= 11 is 0. The number of nitrogens with one attached hydrogen (secondary N) is 1. The number of carbonyl (C=O) groups is 2. The molecule has 2 atom stereocenters. The zero-order chi connectivity index (χ0) is 17.8. The molecule has 2 fully saturated rings. The van der Waals surface area contributed by atoms with Gasteiger partial charge < -0.3 is 15.5 Å². The summed E-state index contributed by atoms with van der Waals surface area (Å²) < 4.78 is 0. The molecule has 1 aromatic carbocycles. The molecule has 6 heteroatoms. The first-order chi connectivity index (χ1) is 11.1. The van der Waals surface area contributed by atoms with Gasteiger partial charge in [-0.05, 0) is 42.4 Å². The molecule has 130 valence electrons. The molecule has 2 aliphatic rings. The Morgan fingerprint density at radius 1 is 1.17 bits per heavy atom. The minimum atomic E-state index is -1.08. The predicted molar refractivity (Wildman–Crippen MR) is 88.7 cm³/mol. The van der Waals surface area contributed by atoms with Gasteiger partial charge in [0.2, 0.25) is 5.91 Å². The largest absolute Gasteiger partial charge is 0.508 e. The molecule has 1 aromatic rings. The highest BCUT2D eigenvalue weighted by Crippen LogP contribution is 2.58. The molecule has 0 bridgehead atoms. The number of carbonyl (C=O) groups excluding carboxylic acids is 1. The second kappa shape index (κ2) is 5.13. The van der Waals surface area contributed by atoms with E-state index < -0.39 is 22.6 Å². The topological polar surface area (TPSA) is 89.9 Å². The molecule has 1 spiro atoms. The fourth-order valence-electron chi connectivity index (χ4n) is 4.59. The molecule has 3 N–H and O–H groups in total. The number of phenols is 1. The first-order valence-corrected chi connectivity index (χ1v) is 8.26. The molecular weight excluding hydrogens is 308 g/mol. The van der Waals surface area contributed by atoms with Crippen LogP contribution >= 0.6 is 0 Å². The number of phenolic OH excluding ortho intramolecular Hbond substituents is 1. The summed E-state index contributed by atoms with van der Waals surface area (Å²) in [5.41, 5.74) is -1.44.